The van der Waals surface area contributed by atoms with Gasteiger partial charge in [0.2, 0.25) is 0 Å². The molecule has 2 rings (SSSR count). The highest BCUT2D eigenvalue weighted by molar-refractivity contribution is 4.81. The minimum absolute atomic E-state index is 0.550. The fraction of sp³-hybridized carbons (Fsp3) is 1.00. The van der Waals surface area contributed by atoms with Crippen LogP contribution in [0.2, 0.25) is 0 Å². The summed E-state index contributed by atoms with van der Waals surface area (Å²) in [6.07, 6.45) is 3.65. The molecule has 0 aromatic heterocycles. The van der Waals surface area contributed by atoms with Gasteiger partial charge in [-0.05, 0) is 18.8 Å². The normalized spacial score (nSPS) is 33.0. The molecule has 72 valence electrons. The third-order valence-electron chi connectivity index (χ3n) is 1.94. The van der Waals surface area contributed by atoms with E-state index < -0.39 is 0 Å². The molecule has 2 bridgehead atoms. The number of morpholine rings is 1. The fourth-order valence-corrected chi connectivity index (χ4v) is 1.49. The van der Waals surface area contributed by atoms with Crippen molar-refractivity contribution in [2.24, 2.45) is 5.92 Å². The highest BCUT2D eigenvalue weighted by Crippen LogP contribution is 2.21. The number of fused-ring (bicyclic) bond motifs is 2. The van der Waals surface area contributed by atoms with Gasteiger partial charge in [0.05, 0.1) is 12.2 Å². The standard InChI is InChI=1S/C6H11NO.C4H10/c1-2-6-4-7-3-5(1)8-6;1-4(2)3/h5-7H,1-4H2;4H,1-3H3. The smallest absolute Gasteiger partial charge is 0.0704 e. The van der Waals surface area contributed by atoms with Crippen LogP contribution in [0.3, 0.4) is 0 Å². The minimum Gasteiger partial charge on any atom is -0.372 e. The molecule has 2 aliphatic heterocycles. The summed E-state index contributed by atoms with van der Waals surface area (Å²) < 4.78 is 5.53. The molecule has 0 aliphatic carbocycles. The van der Waals surface area contributed by atoms with E-state index in [1.165, 1.54) is 12.8 Å². The van der Waals surface area contributed by atoms with Gasteiger partial charge in [-0.25, -0.2) is 0 Å². The van der Waals surface area contributed by atoms with E-state index in [2.05, 4.69) is 26.1 Å². The van der Waals surface area contributed by atoms with E-state index in [4.69, 9.17) is 4.74 Å². The molecule has 0 aromatic rings. The Bertz CT molecular complexity index is 108. The Labute approximate surface area is 75.7 Å². The second-order valence-corrected chi connectivity index (χ2v) is 4.35. The minimum atomic E-state index is 0.550. The van der Waals surface area contributed by atoms with Gasteiger partial charge < -0.3 is 10.1 Å². The predicted molar refractivity (Wildman–Crippen MR) is 51.3 cm³/mol. The van der Waals surface area contributed by atoms with E-state index in [0.717, 1.165) is 19.0 Å². The molecular formula is C10H21NO. The van der Waals surface area contributed by atoms with Gasteiger partial charge in [0.1, 0.15) is 0 Å². The zero-order chi connectivity index (χ0) is 8.97. The Morgan fingerprint density at radius 1 is 1.08 bits per heavy atom. The second kappa shape index (κ2) is 4.83. The SMILES string of the molecule is C1CC2CNCC1O2.CC(C)C. The number of hydrogen-bond donors (Lipinski definition) is 1. The maximum absolute atomic E-state index is 5.53. The number of hydrogen-bond acceptors (Lipinski definition) is 2. The molecule has 2 atom stereocenters. The highest BCUT2D eigenvalue weighted by Gasteiger charge is 2.28. The van der Waals surface area contributed by atoms with E-state index in [0.29, 0.717) is 12.2 Å². The van der Waals surface area contributed by atoms with Crippen molar-refractivity contribution in [2.45, 2.75) is 45.8 Å². The number of rotatable bonds is 0. The van der Waals surface area contributed by atoms with Crippen molar-refractivity contribution < 1.29 is 4.74 Å². The van der Waals surface area contributed by atoms with Crippen molar-refractivity contribution in [3.63, 3.8) is 0 Å². The summed E-state index contributed by atoms with van der Waals surface area (Å²) in [4.78, 5) is 0. The lowest BCUT2D eigenvalue weighted by atomic mass is 10.2. The summed E-state index contributed by atoms with van der Waals surface area (Å²) in [5.74, 6) is 0.833. The van der Waals surface area contributed by atoms with E-state index in [9.17, 15) is 0 Å². The summed E-state index contributed by atoms with van der Waals surface area (Å²) in [5, 5.41) is 3.32. The zero-order valence-corrected chi connectivity index (χ0v) is 8.47. The molecule has 2 heteroatoms. The highest BCUT2D eigenvalue weighted by atomic mass is 16.5. The van der Waals surface area contributed by atoms with Gasteiger partial charge in [0.15, 0.2) is 0 Å². The molecular weight excluding hydrogens is 150 g/mol. The van der Waals surface area contributed by atoms with Crippen LogP contribution in [0.4, 0.5) is 0 Å². The molecule has 2 nitrogen and oxygen atoms in total. The van der Waals surface area contributed by atoms with Crippen LogP contribution < -0.4 is 5.32 Å². The third-order valence-corrected chi connectivity index (χ3v) is 1.94. The van der Waals surface area contributed by atoms with Crippen LogP contribution in [0.15, 0.2) is 0 Å². The number of nitrogens with one attached hydrogen (secondary N) is 1. The van der Waals surface area contributed by atoms with Crippen molar-refractivity contribution in [3.8, 4) is 0 Å². The first-order chi connectivity index (χ1) is 5.68. The van der Waals surface area contributed by atoms with Crippen LogP contribution in [0.1, 0.15) is 33.6 Å². The largest absolute Gasteiger partial charge is 0.372 e. The first-order valence-electron chi connectivity index (χ1n) is 5.04. The lowest BCUT2D eigenvalue weighted by Gasteiger charge is -2.20. The maximum Gasteiger partial charge on any atom is 0.0704 e. The zero-order valence-electron chi connectivity index (χ0n) is 8.47. The van der Waals surface area contributed by atoms with E-state index in [1.54, 1.807) is 0 Å². The van der Waals surface area contributed by atoms with Crippen molar-refractivity contribution in [1.82, 2.24) is 5.32 Å². The van der Waals surface area contributed by atoms with Gasteiger partial charge in [-0.2, -0.15) is 0 Å². The summed E-state index contributed by atoms with van der Waals surface area (Å²) in [7, 11) is 0. The van der Waals surface area contributed by atoms with E-state index in [1.807, 2.05) is 0 Å². The van der Waals surface area contributed by atoms with Crippen LogP contribution in [0.25, 0.3) is 0 Å². The van der Waals surface area contributed by atoms with Crippen molar-refractivity contribution in [3.05, 3.63) is 0 Å². The Hall–Kier alpha value is -0.0800. The van der Waals surface area contributed by atoms with Gasteiger partial charge >= 0.3 is 0 Å². The van der Waals surface area contributed by atoms with E-state index >= 15 is 0 Å². The maximum atomic E-state index is 5.53. The number of ether oxygens (including phenoxy) is 1. The first kappa shape index (κ1) is 10.0. The molecule has 2 heterocycles. The third kappa shape index (κ3) is 3.55. The molecule has 0 aromatic carbocycles. The van der Waals surface area contributed by atoms with Crippen LogP contribution in [-0.2, 0) is 4.74 Å². The monoisotopic (exact) mass is 171 g/mol. The lowest BCUT2D eigenvalue weighted by molar-refractivity contribution is 0.0184. The van der Waals surface area contributed by atoms with Crippen molar-refractivity contribution in [2.75, 3.05) is 13.1 Å². The van der Waals surface area contributed by atoms with Gasteiger partial charge in [-0.1, -0.05) is 20.8 Å². The summed E-state index contributed by atoms with van der Waals surface area (Å²) in [6.45, 7) is 8.66. The van der Waals surface area contributed by atoms with Crippen molar-refractivity contribution >= 4 is 0 Å². The Morgan fingerprint density at radius 3 is 1.83 bits per heavy atom. The molecule has 2 saturated heterocycles. The Kier molecular flexibility index (Phi) is 4.02. The molecule has 12 heavy (non-hydrogen) atoms. The fourth-order valence-electron chi connectivity index (χ4n) is 1.49. The Morgan fingerprint density at radius 2 is 1.50 bits per heavy atom. The predicted octanol–water partition coefficient (Wildman–Crippen LogP) is 1.80. The quantitative estimate of drug-likeness (QED) is 0.600. The van der Waals surface area contributed by atoms with E-state index in [-0.39, 0.29) is 0 Å². The molecule has 0 saturated carbocycles. The lowest BCUT2D eigenvalue weighted by Crippen LogP contribution is -2.38. The average Bonchev–Trinajstić information content (AvgIpc) is 2.30. The van der Waals surface area contributed by atoms with Crippen LogP contribution >= 0.6 is 0 Å². The van der Waals surface area contributed by atoms with Gasteiger partial charge in [-0.3, -0.25) is 0 Å². The molecule has 0 radical (unpaired) electrons. The molecule has 1 N–H and O–H groups in total. The van der Waals surface area contributed by atoms with Gasteiger partial charge in [-0.15, -0.1) is 0 Å². The molecule has 2 unspecified atom stereocenters. The average molecular weight is 171 g/mol. The van der Waals surface area contributed by atoms with Crippen LogP contribution in [0, 0.1) is 5.92 Å². The van der Waals surface area contributed by atoms with Crippen LogP contribution in [-0.4, -0.2) is 25.3 Å². The molecule has 0 spiro atoms. The summed E-state index contributed by atoms with van der Waals surface area (Å²) >= 11 is 0. The van der Waals surface area contributed by atoms with Gasteiger partial charge in [0.25, 0.3) is 0 Å². The molecule has 2 aliphatic rings. The van der Waals surface area contributed by atoms with Gasteiger partial charge in [0, 0.05) is 13.1 Å². The molecule has 0 amide bonds. The summed E-state index contributed by atoms with van der Waals surface area (Å²) in [5.41, 5.74) is 0. The second-order valence-electron chi connectivity index (χ2n) is 4.35. The van der Waals surface area contributed by atoms with Crippen molar-refractivity contribution in [1.29, 1.82) is 0 Å². The Balaban J connectivity index is 0.000000157. The first-order valence-corrected chi connectivity index (χ1v) is 5.04. The topological polar surface area (TPSA) is 21.3 Å². The molecule has 2 fully saturated rings. The van der Waals surface area contributed by atoms with Crippen LogP contribution in [0.5, 0.6) is 0 Å². The summed E-state index contributed by atoms with van der Waals surface area (Å²) in [6, 6.07) is 0.